The summed E-state index contributed by atoms with van der Waals surface area (Å²) < 4.78 is 17.0. The van der Waals surface area contributed by atoms with Crippen LogP contribution in [0, 0.1) is 0 Å². The van der Waals surface area contributed by atoms with Gasteiger partial charge in [-0.1, -0.05) is 12.1 Å². The fraction of sp³-hybridized carbons (Fsp3) is 0. The Kier molecular flexibility index (Phi) is 6.11. The molecule has 0 aromatic heterocycles. The molecule has 4 nitrogen and oxygen atoms in total. The van der Waals surface area contributed by atoms with Crippen molar-refractivity contribution >= 4 is 6.29 Å². The van der Waals surface area contributed by atoms with Crippen molar-refractivity contribution in [1.82, 2.24) is 0 Å². The summed E-state index contributed by atoms with van der Waals surface area (Å²) in [5.41, 5.74) is 0.331. The molecule has 0 radical (unpaired) electrons. The molecule has 0 atom stereocenters. The maximum atomic E-state index is 10.1. The Labute approximate surface area is 77.4 Å². The summed E-state index contributed by atoms with van der Waals surface area (Å²) >= 11 is -2.03. The van der Waals surface area contributed by atoms with E-state index in [2.05, 4.69) is 0 Å². The monoisotopic (exact) mass is 252 g/mol. The van der Waals surface area contributed by atoms with Gasteiger partial charge in [0.2, 0.25) is 0 Å². The molecule has 0 spiro atoms. The number of aldehydes is 1. The van der Waals surface area contributed by atoms with Gasteiger partial charge in [0.1, 0.15) is 5.75 Å². The van der Waals surface area contributed by atoms with Crippen LogP contribution in [0.3, 0.4) is 0 Å². The van der Waals surface area contributed by atoms with E-state index in [1.807, 2.05) is 0 Å². The van der Waals surface area contributed by atoms with Crippen molar-refractivity contribution in [3.63, 3.8) is 0 Å². The molecule has 5 heteroatoms. The van der Waals surface area contributed by atoms with E-state index in [0.717, 1.165) is 0 Å². The van der Waals surface area contributed by atoms with Crippen molar-refractivity contribution in [2.24, 2.45) is 0 Å². The Morgan fingerprint density at radius 3 is 2.08 bits per heavy atom. The molecule has 64 valence electrons. The summed E-state index contributed by atoms with van der Waals surface area (Å²) in [6.45, 7) is 0. The average molecular weight is 250 g/mol. The standard InChI is InChI=1S/C7H6O2.Mo.2O/c8-5-6-3-1-2-4-7(6)9;;;/h1-5,9H;;;. The van der Waals surface area contributed by atoms with E-state index in [1.54, 1.807) is 18.2 Å². The first-order valence-corrected chi connectivity index (χ1v) is 4.55. The van der Waals surface area contributed by atoms with Gasteiger partial charge >= 0.3 is 25.3 Å². The van der Waals surface area contributed by atoms with Gasteiger partial charge in [0, 0.05) is 0 Å². The molecular weight excluding hydrogens is 244 g/mol. The molecule has 0 saturated carbocycles. The number of aromatic hydroxyl groups is 1. The third kappa shape index (κ3) is 3.98. The zero-order valence-electron chi connectivity index (χ0n) is 5.97. The van der Waals surface area contributed by atoms with Gasteiger partial charge in [0.05, 0.1) is 5.56 Å². The van der Waals surface area contributed by atoms with Crippen LogP contribution in [0.2, 0.25) is 0 Å². The van der Waals surface area contributed by atoms with E-state index < -0.39 is 18.5 Å². The van der Waals surface area contributed by atoms with E-state index in [0.29, 0.717) is 11.8 Å². The van der Waals surface area contributed by atoms with Crippen LogP contribution in [0.1, 0.15) is 10.4 Å². The van der Waals surface area contributed by atoms with Gasteiger partial charge in [0.25, 0.3) is 0 Å². The maximum absolute atomic E-state index is 10.1. The van der Waals surface area contributed by atoms with Gasteiger partial charge in [-0.15, -0.1) is 0 Å². The second kappa shape index (κ2) is 6.67. The van der Waals surface area contributed by atoms with Crippen molar-refractivity contribution in [2.75, 3.05) is 0 Å². The second-order valence-electron chi connectivity index (χ2n) is 1.74. The Morgan fingerprint density at radius 2 is 1.75 bits per heavy atom. The topological polar surface area (TPSA) is 71.4 Å². The van der Waals surface area contributed by atoms with E-state index >= 15 is 0 Å². The van der Waals surface area contributed by atoms with Crippen LogP contribution < -0.4 is 0 Å². The number of carbonyl (C=O) groups excluding carboxylic acids is 1. The fourth-order valence-electron chi connectivity index (χ4n) is 0.587. The number of carbonyl (C=O) groups is 1. The number of rotatable bonds is 1. The van der Waals surface area contributed by atoms with E-state index in [9.17, 15) is 4.79 Å². The minimum absolute atomic E-state index is 0.0347. The van der Waals surface area contributed by atoms with Crippen LogP contribution in [0.5, 0.6) is 5.75 Å². The molecule has 0 aliphatic rings. The molecule has 0 heterocycles. The van der Waals surface area contributed by atoms with Crippen LogP contribution in [0.15, 0.2) is 24.3 Å². The summed E-state index contributed by atoms with van der Waals surface area (Å²) in [5, 5.41) is 8.88. The summed E-state index contributed by atoms with van der Waals surface area (Å²) in [4.78, 5) is 10.1. The molecule has 12 heavy (non-hydrogen) atoms. The number of hydrogen-bond donors (Lipinski definition) is 1. The van der Waals surface area contributed by atoms with E-state index in [-0.39, 0.29) is 5.75 Å². The van der Waals surface area contributed by atoms with Crippen LogP contribution in [0.4, 0.5) is 0 Å². The zero-order chi connectivity index (χ0) is 9.40. The Bertz CT molecular complexity index is 291. The first kappa shape index (κ1) is 11.0. The van der Waals surface area contributed by atoms with Crippen molar-refractivity contribution in [2.45, 2.75) is 0 Å². The summed E-state index contributed by atoms with van der Waals surface area (Å²) in [6, 6.07) is 6.40. The molecule has 0 aliphatic carbocycles. The van der Waals surface area contributed by atoms with Gasteiger partial charge in [-0.25, -0.2) is 0 Å². The minimum atomic E-state index is -2.03. The van der Waals surface area contributed by atoms with Crippen molar-refractivity contribution in [1.29, 1.82) is 0 Å². The molecule has 1 rings (SSSR count). The van der Waals surface area contributed by atoms with E-state index in [1.165, 1.54) is 6.07 Å². The second-order valence-corrected chi connectivity index (χ2v) is 2.08. The Hall–Kier alpha value is -1.02. The third-order valence-corrected chi connectivity index (χ3v) is 1.06. The number of hydrogen-bond acceptors (Lipinski definition) is 4. The Balaban J connectivity index is 0.000000354. The van der Waals surface area contributed by atoms with Gasteiger partial charge in [-0.05, 0) is 12.1 Å². The van der Waals surface area contributed by atoms with Crippen LogP contribution in [0.25, 0.3) is 0 Å². The van der Waals surface area contributed by atoms with Crippen LogP contribution in [-0.4, -0.2) is 11.4 Å². The van der Waals surface area contributed by atoms with Gasteiger partial charge in [-0.2, -0.15) is 0 Å². The first-order chi connectivity index (χ1) is 5.76. The predicted octanol–water partition coefficient (Wildman–Crippen LogP) is 0.965. The van der Waals surface area contributed by atoms with Crippen LogP contribution >= 0.6 is 0 Å². The molecule has 1 N–H and O–H groups in total. The number of para-hydroxylation sites is 1. The molecular formula is C7H6MoO4. The van der Waals surface area contributed by atoms with Gasteiger partial charge < -0.3 is 5.11 Å². The molecule has 0 saturated heterocycles. The normalized spacial score (nSPS) is 7.67. The Morgan fingerprint density at radius 1 is 1.25 bits per heavy atom. The third-order valence-electron chi connectivity index (χ3n) is 1.06. The molecule has 0 amide bonds. The summed E-state index contributed by atoms with van der Waals surface area (Å²) in [6.07, 6.45) is 0.620. The molecule has 1 aromatic carbocycles. The predicted molar refractivity (Wildman–Crippen MR) is 34.9 cm³/mol. The molecule has 0 bridgehead atoms. The van der Waals surface area contributed by atoms with E-state index in [4.69, 9.17) is 11.9 Å². The molecule has 1 aromatic rings. The molecule has 0 aliphatic heterocycles. The molecule has 0 unspecified atom stereocenters. The number of phenolic OH excluding ortho intramolecular Hbond substituents is 1. The van der Waals surface area contributed by atoms with Crippen LogP contribution in [-0.2, 0) is 25.3 Å². The van der Waals surface area contributed by atoms with Crippen molar-refractivity contribution in [3.05, 3.63) is 29.8 Å². The van der Waals surface area contributed by atoms with Gasteiger partial charge in [-0.3, -0.25) is 4.79 Å². The number of benzene rings is 1. The van der Waals surface area contributed by atoms with Crippen molar-refractivity contribution < 1.29 is 35.2 Å². The first-order valence-electron chi connectivity index (χ1n) is 2.91. The SMILES string of the molecule is O=Cc1ccccc1O.[O]=[Mo]=[O]. The summed E-state index contributed by atoms with van der Waals surface area (Å²) in [5.74, 6) is 0.0347. The fourth-order valence-corrected chi connectivity index (χ4v) is 0.587. The van der Waals surface area contributed by atoms with Gasteiger partial charge in [0.15, 0.2) is 6.29 Å². The summed E-state index contributed by atoms with van der Waals surface area (Å²) in [7, 11) is 0. The molecule has 0 fully saturated rings. The number of phenols is 1. The zero-order valence-corrected chi connectivity index (χ0v) is 7.97. The van der Waals surface area contributed by atoms with Crippen molar-refractivity contribution in [3.8, 4) is 5.75 Å². The quantitative estimate of drug-likeness (QED) is 0.595. The average Bonchev–Trinajstić information content (AvgIpc) is 2.07.